The number of allylic oxidation sites excluding steroid dienone is 12. The standard InChI is InChI=1S/C40H44N4/c1-6-9-15-32(8-3)43-26-25-31(27-29(4)34-17-11-13-19-37(34)43)30-21-23-39-36(28-30)35-18-12-14-20-38(35)44(39)33(16-10-7-2)22-24-40(41)42-5/h6-7,9-25,27-28,40,42H,8,26,41H2,1-5H3/b9-6-,10-7-,24-22+,29-27+,31-25+,32-15+,33-16+. The van der Waals surface area contributed by atoms with Crippen molar-refractivity contribution in [2.24, 2.45) is 5.73 Å². The topological polar surface area (TPSA) is 46.2 Å². The lowest BCUT2D eigenvalue weighted by atomic mass is 9.95. The first-order chi connectivity index (χ1) is 21.5. The number of nitrogens with two attached hydrogens (primary N) is 1. The number of nitrogens with zero attached hydrogens (tertiary/aromatic N) is 2. The smallest absolute Gasteiger partial charge is 0.0740 e. The van der Waals surface area contributed by atoms with Gasteiger partial charge in [-0.25, -0.2) is 0 Å². The molecule has 0 fully saturated rings. The molecule has 4 nitrogen and oxygen atoms in total. The zero-order valence-electron chi connectivity index (χ0n) is 26.6. The van der Waals surface area contributed by atoms with Crippen LogP contribution in [-0.4, -0.2) is 24.3 Å². The molecule has 4 aromatic rings. The highest BCUT2D eigenvalue weighted by molar-refractivity contribution is 6.11. The van der Waals surface area contributed by atoms with Crippen LogP contribution in [0.2, 0.25) is 0 Å². The van der Waals surface area contributed by atoms with Crippen LogP contribution in [0.25, 0.3) is 38.6 Å². The minimum atomic E-state index is -0.226. The van der Waals surface area contributed by atoms with Gasteiger partial charge in [0.05, 0.1) is 17.2 Å². The van der Waals surface area contributed by atoms with E-state index in [1.807, 2.05) is 26.1 Å². The van der Waals surface area contributed by atoms with E-state index >= 15 is 0 Å². The summed E-state index contributed by atoms with van der Waals surface area (Å²) in [6.07, 6.45) is 22.3. The Morgan fingerprint density at radius 1 is 0.932 bits per heavy atom. The van der Waals surface area contributed by atoms with Crippen LogP contribution in [0.5, 0.6) is 0 Å². The number of anilines is 1. The Morgan fingerprint density at radius 2 is 1.66 bits per heavy atom. The monoisotopic (exact) mass is 580 g/mol. The molecule has 0 aliphatic carbocycles. The summed E-state index contributed by atoms with van der Waals surface area (Å²) in [6.45, 7) is 9.35. The normalized spacial score (nSPS) is 18.1. The van der Waals surface area contributed by atoms with Crippen molar-refractivity contribution in [2.75, 3.05) is 18.5 Å². The molecule has 0 amide bonds. The first-order valence-electron chi connectivity index (χ1n) is 15.6. The molecule has 224 valence electrons. The molecule has 3 aromatic carbocycles. The van der Waals surface area contributed by atoms with Gasteiger partial charge in [-0.1, -0.05) is 91.9 Å². The fourth-order valence-electron chi connectivity index (χ4n) is 5.91. The van der Waals surface area contributed by atoms with Gasteiger partial charge in [0.1, 0.15) is 0 Å². The number of aromatic nitrogens is 1. The average Bonchev–Trinajstić information content (AvgIpc) is 3.38. The summed E-state index contributed by atoms with van der Waals surface area (Å²) in [4.78, 5) is 2.46. The third-order valence-electron chi connectivity index (χ3n) is 8.21. The van der Waals surface area contributed by atoms with Crippen molar-refractivity contribution in [3.8, 4) is 0 Å². The number of nitrogens with one attached hydrogen (secondary N) is 1. The van der Waals surface area contributed by atoms with Crippen LogP contribution in [0.3, 0.4) is 0 Å². The summed E-state index contributed by atoms with van der Waals surface area (Å²) in [6, 6.07) is 24.3. The summed E-state index contributed by atoms with van der Waals surface area (Å²) >= 11 is 0. The second-order valence-corrected chi connectivity index (χ2v) is 11.0. The first kappa shape index (κ1) is 30.8. The van der Waals surface area contributed by atoms with Crippen LogP contribution >= 0.6 is 0 Å². The van der Waals surface area contributed by atoms with Gasteiger partial charge in [0.15, 0.2) is 0 Å². The Balaban J connectivity index is 1.68. The lowest BCUT2D eigenvalue weighted by Crippen LogP contribution is -2.31. The second kappa shape index (κ2) is 14.2. The molecular weight excluding hydrogens is 536 g/mol. The highest BCUT2D eigenvalue weighted by atomic mass is 15.1. The van der Waals surface area contributed by atoms with Crippen LogP contribution in [0.4, 0.5) is 5.69 Å². The van der Waals surface area contributed by atoms with Crippen molar-refractivity contribution in [3.05, 3.63) is 144 Å². The Morgan fingerprint density at radius 3 is 2.43 bits per heavy atom. The number of rotatable bonds is 9. The predicted molar refractivity (Wildman–Crippen MR) is 193 cm³/mol. The van der Waals surface area contributed by atoms with Crippen molar-refractivity contribution >= 4 is 44.3 Å². The molecule has 1 atom stereocenters. The van der Waals surface area contributed by atoms with Gasteiger partial charge in [-0.15, -0.1) is 0 Å². The lowest BCUT2D eigenvalue weighted by molar-refractivity contribution is 0.698. The third kappa shape index (κ3) is 6.33. The number of hydrogen-bond acceptors (Lipinski definition) is 3. The Kier molecular flexibility index (Phi) is 9.96. The first-order valence-corrected chi connectivity index (χ1v) is 15.6. The molecule has 4 heteroatoms. The zero-order valence-corrected chi connectivity index (χ0v) is 26.6. The van der Waals surface area contributed by atoms with Gasteiger partial charge in [-0.3, -0.25) is 0 Å². The summed E-state index contributed by atoms with van der Waals surface area (Å²) in [7, 11) is 1.87. The molecule has 0 saturated carbocycles. The minimum absolute atomic E-state index is 0.226. The Labute approximate surface area is 262 Å². The summed E-state index contributed by atoms with van der Waals surface area (Å²) in [5.74, 6) is 0. The highest BCUT2D eigenvalue weighted by Crippen LogP contribution is 2.37. The van der Waals surface area contributed by atoms with Crippen LogP contribution in [-0.2, 0) is 0 Å². The molecule has 3 N–H and O–H groups in total. The maximum atomic E-state index is 6.18. The SMILES string of the molecule is C/C=C\C=C(/CC)N1C/C=C(c2ccc3c(c2)c2ccccc2n3C(/C=C/C(N)NC)=C/C=C\C)\C=C(/C)c2ccccc21. The number of fused-ring (bicyclic) bond motifs is 4. The maximum absolute atomic E-state index is 6.18. The Hall–Kier alpha value is -4.64. The number of hydrogen-bond donors (Lipinski definition) is 2. The average molecular weight is 581 g/mol. The van der Waals surface area contributed by atoms with Crippen molar-refractivity contribution in [3.63, 3.8) is 0 Å². The highest BCUT2D eigenvalue weighted by Gasteiger charge is 2.19. The van der Waals surface area contributed by atoms with Crippen LogP contribution in [0.1, 0.15) is 45.2 Å². The molecule has 0 saturated heterocycles. The molecule has 5 rings (SSSR count). The van der Waals surface area contributed by atoms with Crippen LogP contribution < -0.4 is 16.0 Å². The molecular formula is C40H44N4. The molecule has 0 radical (unpaired) electrons. The third-order valence-corrected chi connectivity index (χ3v) is 8.21. The fourth-order valence-corrected chi connectivity index (χ4v) is 5.91. The lowest BCUT2D eigenvalue weighted by Gasteiger charge is -2.30. The van der Waals surface area contributed by atoms with E-state index in [0.29, 0.717) is 0 Å². The largest absolute Gasteiger partial charge is 0.341 e. The van der Waals surface area contributed by atoms with Crippen molar-refractivity contribution < 1.29 is 0 Å². The minimum Gasteiger partial charge on any atom is -0.341 e. The van der Waals surface area contributed by atoms with Gasteiger partial charge >= 0.3 is 0 Å². The van der Waals surface area contributed by atoms with Crippen molar-refractivity contribution in [2.45, 2.75) is 40.3 Å². The van der Waals surface area contributed by atoms with Gasteiger partial charge in [-0.05, 0) is 93.4 Å². The van der Waals surface area contributed by atoms with E-state index in [4.69, 9.17) is 5.73 Å². The predicted octanol–water partition coefficient (Wildman–Crippen LogP) is 9.45. The van der Waals surface area contributed by atoms with Crippen LogP contribution in [0.15, 0.2) is 133 Å². The molecule has 2 heterocycles. The van der Waals surface area contributed by atoms with Crippen molar-refractivity contribution in [1.82, 2.24) is 9.88 Å². The van der Waals surface area contributed by atoms with E-state index in [-0.39, 0.29) is 6.17 Å². The molecule has 0 bridgehead atoms. The molecule has 44 heavy (non-hydrogen) atoms. The molecule has 1 aromatic heterocycles. The maximum Gasteiger partial charge on any atom is 0.0740 e. The van der Waals surface area contributed by atoms with Gasteiger partial charge < -0.3 is 20.5 Å². The number of likely N-dealkylation sites (N-methyl/N-ethyl adjacent to an activating group) is 1. The molecule has 0 spiro atoms. The Bertz CT molecular complexity index is 1850. The van der Waals surface area contributed by atoms with Gasteiger partial charge in [-0.2, -0.15) is 0 Å². The fraction of sp³-hybridized carbons (Fsp3) is 0.200. The van der Waals surface area contributed by atoms with E-state index in [9.17, 15) is 0 Å². The van der Waals surface area contributed by atoms with E-state index in [2.05, 4.69) is 151 Å². The van der Waals surface area contributed by atoms with E-state index in [1.54, 1.807) is 0 Å². The second-order valence-electron chi connectivity index (χ2n) is 11.0. The van der Waals surface area contributed by atoms with Gasteiger partial charge in [0, 0.05) is 40.0 Å². The number of para-hydroxylation sites is 2. The molecule has 1 aliphatic heterocycles. The van der Waals surface area contributed by atoms with E-state index in [1.165, 1.54) is 49.9 Å². The van der Waals surface area contributed by atoms with Crippen molar-refractivity contribution in [1.29, 1.82) is 0 Å². The summed E-state index contributed by atoms with van der Waals surface area (Å²) < 4.78 is 2.33. The number of benzene rings is 3. The molecule has 1 aliphatic rings. The van der Waals surface area contributed by atoms with Crippen LogP contribution in [0, 0.1) is 0 Å². The van der Waals surface area contributed by atoms with E-state index in [0.717, 1.165) is 24.2 Å². The molecule has 1 unspecified atom stereocenters. The zero-order chi connectivity index (χ0) is 31.1. The summed E-state index contributed by atoms with van der Waals surface area (Å²) in [5, 5.41) is 5.55. The quantitative estimate of drug-likeness (QED) is 0.153. The van der Waals surface area contributed by atoms with Gasteiger partial charge in [0.2, 0.25) is 0 Å². The van der Waals surface area contributed by atoms with Gasteiger partial charge in [0.25, 0.3) is 0 Å². The summed E-state index contributed by atoms with van der Waals surface area (Å²) in [5.41, 5.74) is 17.1. The van der Waals surface area contributed by atoms with E-state index < -0.39 is 0 Å².